The molecule has 2 aliphatic rings. The summed E-state index contributed by atoms with van der Waals surface area (Å²) in [4.78, 5) is 18.6. The van der Waals surface area contributed by atoms with Gasteiger partial charge in [-0.3, -0.25) is 9.79 Å². The van der Waals surface area contributed by atoms with Crippen molar-refractivity contribution in [2.75, 3.05) is 39.8 Å². The van der Waals surface area contributed by atoms with E-state index < -0.39 is 0 Å². The normalized spacial score (nSPS) is 20.3. The number of nitrogens with zero attached hydrogens (tertiary/aromatic N) is 2. The fourth-order valence-corrected chi connectivity index (χ4v) is 4.38. The number of amides is 1. The van der Waals surface area contributed by atoms with E-state index in [0.717, 1.165) is 38.6 Å². The van der Waals surface area contributed by atoms with Gasteiger partial charge in [-0.2, -0.15) is 0 Å². The SMILES string of the molecule is CN=C(NCCOC1CCCCCC1)NCC1CC(=O)N(CCc2ccccc2)C1.I. The van der Waals surface area contributed by atoms with E-state index in [1.165, 1.54) is 44.1 Å². The second-order valence-electron chi connectivity index (χ2n) is 8.51. The van der Waals surface area contributed by atoms with E-state index >= 15 is 0 Å². The third-order valence-electron chi connectivity index (χ3n) is 6.14. The minimum atomic E-state index is 0. The topological polar surface area (TPSA) is 66.0 Å². The second-order valence-corrected chi connectivity index (χ2v) is 8.51. The standard InChI is InChI=1S/C24H38N4O2.HI/c1-25-24(26-14-16-30-22-11-7-2-3-8-12-22)27-18-21-17-23(29)28(19-21)15-13-20-9-5-4-6-10-20;/h4-6,9-10,21-22H,2-3,7-8,11-19H2,1H3,(H2,25,26,27);1H. The molecule has 1 heterocycles. The van der Waals surface area contributed by atoms with Gasteiger partial charge >= 0.3 is 0 Å². The third kappa shape index (κ3) is 9.35. The smallest absolute Gasteiger partial charge is 0.223 e. The quantitative estimate of drug-likeness (QED) is 0.165. The van der Waals surface area contributed by atoms with Gasteiger partial charge in [0.25, 0.3) is 0 Å². The summed E-state index contributed by atoms with van der Waals surface area (Å²) in [6.07, 6.45) is 9.64. The van der Waals surface area contributed by atoms with Crippen LogP contribution in [0.5, 0.6) is 0 Å². The average Bonchev–Trinajstić information content (AvgIpc) is 2.95. The molecule has 6 nitrogen and oxygen atoms in total. The van der Waals surface area contributed by atoms with Crippen molar-refractivity contribution in [3.63, 3.8) is 0 Å². The summed E-state index contributed by atoms with van der Waals surface area (Å²) < 4.78 is 6.03. The molecule has 1 saturated carbocycles. The lowest BCUT2D eigenvalue weighted by molar-refractivity contribution is -0.127. The van der Waals surface area contributed by atoms with Crippen LogP contribution in [0.25, 0.3) is 0 Å². The first-order valence-corrected chi connectivity index (χ1v) is 11.6. The first kappa shape index (κ1) is 25.9. The number of carbonyl (C=O) groups excluding carboxylic acids is 1. The number of likely N-dealkylation sites (tertiary alicyclic amines) is 1. The highest BCUT2D eigenvalue weighted by Gasteiger charge is 2.29. The number of guanidine groups is 1. The molecule has 1 atom stereocenters. The van der Waals surface area contributed by atoms with Crippen LogP contribution in [0, 0.1) is 5.92 Å². The number of rotatable bonds is 9. The van der Waals surface area contributed by atoms with Crippen LogP contribution in [0.2, 0.25) is 0 Å². The van der Waals surface area contributed by atoms with E-state index in [9.17, 15) is 4.79 Å². The van der Waals surface area contributed by atoms with Crippen molar-refractivity contribution in [3.05, 3.63) is 35.9 Å². The largest absolute Gasteiger partial charge is 0.376 e. The molecule has 1 aromatic carbocycles. The minimum Gasteiger partial charge on any atom is -0.376 e. The van der Waals surface area contributed by atoms with Crippen LogP contribution in [0.1, 0.15) is 50.5 Å². The van der Waals surface area contributed by atoms with E-state index in [0.29, 0.717) is 25.0 Å². The van der Waals surface area contributed by atoms with Crippen molar-refractivity contribution < 1.29 is 9.53 Å². The fraction of sp³-hybridized carbons (Fsp3) is 0.667. The van der Waals surface area contributed by atoms with E-state index in [-0.39, 0.29) is 29.9 Å². The zero-order valence-corrected chi connectivity index (χ0v) is 21.2. The van der Waals surface area contributed by atoms with Crippen LogP contribution in [-0.2, 0) is 16.0 Å². The monoisotopic (exact) mass is 542 g/mol. The van der Waals surface area contributed by atoms with Gasteiger partial charge in [0.1, 0.15) is 0 Å². The average molecular weight is 543 g/mol. The highest BCUT2D eigenvalue weighted by atomic mass is 127. The third-order valence-corrected chi connectivity index (χ3v) is 6.14. The lowest BCUT2D eigenvalue weighted by atomic mass is 10.1. The lowest BCUT2D eigenvalue weighted by Gasteiger charge is -2.18. The van der Waals surface area contributed by atoms with Crippen LogP contribution in [0.4, 0.5) is 0 Å². The summed E-state index contributed by atoms with van der Waals surface area (Å²) >= 11 is 0. The van der Waals surface area contributed by atoms with Crippen molar-refractivity contribution in [1.82, 2.24) is 15.5 Å². The van der Waals surface area contributed by atoms with Crippen LogP contribution >= 0.6 is 24.0 Å². The number of halogens is 1. The Labute approximate surface area is 204 Å². The molecule has 31 heavy (non-hydrogen) atoms. The number of ether oxygens (including phenoxy) is 1. The number of benzene rings is 1. The maximum absolute atomic E-state index is 12.3. The number of nitrogens with one attached hydrogen (secondary N) is 2. The summed E-state index contributed by atoms with van der Waals surface area (Å²) in [5.74, 6) is 1.38. The predicted molar refractivity (Wildman–Crippen MR) is 137 cm³/mol. The Hall–Kier alpha value is -1.35. The van der Waals surface area contributed by atoms with Crippen molar-refractivity contribution in [3.8, 4) is 0 Å². The number of aliphatic imine (C=N–C) groups is 1. The Morgan fingerprint density at radius 2 is 1.87 bits per heavy atom. The van der Waals surface area contributed by atoms with Gasteiger partial charge < -0.3 is 20.3 Å². The molecular formula is C24H39IN4O2. The van der Waals surface area contributed by atoms with Gasteiger partial charge in [0.05, 0.1) is 12.7 Å². The van der Waals surface area contributed by atoms with Gasteiger partial charge in [0.2, 0.25) is 5.91 Å². The Balaban J connectivity index is 0.00000341. The molecule has 0 bridgehead atoms. The molecule has 174 valence electrons. The van der Waals surface area contributed by atoms with Gasteiger partial charge in [-0.05, 0) is 24.8 Å². The van der Waals surface area contributed by atoms with Crippen molar-refractivity contribution in [2.45, 2.75) is 57.5 Å². The first-order valence-electron chi connectivity index (χ1n) is 11.6. The first-order chi connectivity index (χ1) is 14.7. The molecular weight excluding hydrogens is 503 g/mol. The van der Waals surface area contributed by atoms with Crippen molar-refractivity contribution in [1.29, 1.82) is 0 Å². The summed E-state index contributed by atoms with van der Waals surface area (Å²) in [7, 11) is 1.79. The molecule has 3 rings (SSSR count). The summed E-state index contributed by atoms with van der Waals surface area (Å²) in [5, 5.41) is 6.71. The lowest BCUT2D eigenvalue weighted by Crippen LogP contribution is -2.41. The molecule has 1 aliphatic heterocycles. The van der Waals surface area contributed by atoms with Crippen molar-refractivity contribution in [2.24, 2.45) is 10.9 Å². The van der Waals surface area contributed by atoms with Crippen LogP contribution in [0.3, 0.4) is 0 Å². The van der Waals surface area contributed by atoms with Crippen LogP contribution in [0.15, 0.2) is 35.3 Å². The highest BCUT2D eigenvalue weighted by molar-refractivity contribution is 14.0. The molecule has 1 amide bonds. The minimum absolute atomic E-state index is 0. The molecule has 1 unspecified atom stereocenters. The maximum Gasteiger partial charge on any atom is 0.223 e. The van der Waals surface area contributed by atoms with E-state index in [2.05, 4.69) is 27.8 Å². The molecule has 1 saturated heterocycles. The van der Waals surface area contributed by atoms with E-state index in [1.807, 2.05) is 23.1 Å². The Morgan fingerprint density at radius 1 is 1.13 bits per heavy atom. The summed E-state index contributed by atoms with van der Waals surface area (Å²) in [6.45, 7) is 3.84. The van der Waals surface area contributed by atoms with Crippen molar-refractivity contribution >= 4 is 35.8 Å². The van der Waals surface area contributed by atoms with Crippen LogP contribution in [-0.4, -0.2) is 62.7 Å². The number of hydrogen-bond acceptors (Lipinski definition) is 3. The van der Waals surface area contributed by atoms with Gasteiger partial charge in [-0.15, -0.1) is 24.0 Å². The summed E-state index contributed by atoms with van der Waals surface area (Å²) in [6, 6.07) is 10.4. The van der Waals surface area contributed by atoms with Gasteiger partial charge in [-0.1, -0.05) is 56.0 Å². The zero-order valence-electron chi connectivity index (χ0n) is 18.9. The molecule has 0 radical (unpaired) electrons. The van der Waals surface area contributed by atoms with E-state index in [4.69, 9.17) is 4.74 Å². The van der Waals surface area contributed by atoms with Gasteiger partial charge in [-0.25, -0.2) is 0 Å². The number of carbonyl (C=O) groups is 1. The maximum atomic E-state index is 12.3. The molecule has 7 heteroatoms. The Kier molecular flexibility index (Phi) is 12.3. The Bertz CT molecular complexity index is 663. The van der Waals surface area contributed by atoms with Crippen LogP contribution < -0.4 is 10.6 Å². The Morgan fingerprint density at radius 3 is 2.58 bits per heavy atom. The molecule has 1 aliphatic carbocycles. The zero-order chi connectivity index (χ0) is 21.0. The molecule has 2 fully saturated rings. The van der Waals surface area contributed by atoms with Gasteiger partial charge in [0, 0.05) is 45.6 Å². The molecule has 1 aromatic rings. The summed E-state index contributed by atoms with van der Waals surface area (Å²) in [5.41, 5.74) is 1.28. The van der Waals surface area contributed by atoms with E-state index in [1.54, 1.807) is 7.05 Å². The molecule has 2 N–H and O–H groups in total. The molecule has 0 aromatic heterocycles. The van der Waals surface area contributed by atoms with Gasteiger partial charge in [0.15, 0.2) is 5.96 Å². The fourth-order valence-electron chi connectivity index (χ4n) is 4.38. The second kappa shape index (κ2) is 14.7. The highest BCUT2D eigenvalue weighted by Crippen LogP contribution is 2.19. The molecule has 0 spiro atoms. The number of hydrogen-bond donors (Lipinski definition) is 2. The predicted octanol–water partition coefficient (Wildman–Crippen LogP) is 3.60.